The monoisotopic (exact) mass is 288 g/mol. The molecule has 1 saturated heterocycles. The Kier molecular flexibility index (Phi) is 4.41. The zero-order valence-electron chi connectivity index (χ0n) is 12.4. The fourth-order valence-electron chi connectivity index (χ4n) is 3.00. The maximum absolute atomic E-state index is 8.89. The normalized spacial score (nSPS) is 21.6. The van der Waals surface area contributed by atoms with Crippen LogP contribution in [0.4, 0.5) is 0 Å². The third-order valence-corrected chi connectivity index (χ3v) is 4.47. The van der Waals surface area contributed by atoms with E-state index in [0.717, 1.165) is 49.8 Å². The molecule has 0 amide bonds. The molecule has 2 fully saturated rings. The van der Waals surface area contributed by atoms with Gasteiger partial charge in [-0.25, -0.2) is 0 Å². The number of nitrogens with zero attached hydrogens (tertiary/aromatic N) is 3. The van der Waals surface area contributed by atoms with Crippen molar-refractivity contribution in [1.82, 2.24) is 9.80 Å². The summed E-state index contributed by atoms with van der Waals surface area (Å²) < 4.78 is 0. The van der Waals surface area contributed by atoms with Gasteiger partial charge >= 0.3 is 0 Å². The van der Waals surface area contributed by atoms with E-state index in [1.54, 1.807) is 0 Å². The van der Waals surface area contributed by atoms with Crippen LogP contribution in [0, 0.1) is 5.92 Å². The second-order valence-electron chi connectivity index (χ2n) is 6.16. The highest BCUT2D eigenvalue weighted by molar-refractivity contribution is 5.98. The van der Waals surface area contributed by atoms with Gasteiger partial charge in [0.1, 0.15) is 0 Å². The second-order valence-corrected chi connectivity index (χ2v) is 6.16. The molecule has 1 aliphatic heterocycles. The molecule has 2 aliphatic rings. The Bertz CT molecular complexity index is 505. The number of hydrogen-bond donors (Lipinski definition) is 2. The van der Waals surface area contributed by atoms with Crippen LogP contribution in [0.1, 0.15) is 24.0 Å². The molecule has 5 nitrogen and oxygen atoms in total. The minimum atomic E-state index is 0.193. The Morgan fingerprint density at radius 2 is 1.81 bits per heavy atom. The van der Waals surface area contributed by atoms with Gasteiger partial charge in [-0.05, 0) is 24.3 Å². The van der Waals surface area contributed by atoms with Crippen LogP contribution in [0.5, 0.6) is 0 Å². The van der Waals surface area contributed by atoms with E-state index in [9.17, 15) is 0 Å². The molecule has 0 spiro atoms. The predicted molar refractivity (Wildman–Crippen MR) is 83.4 cm³/mol. The molecule has 5 heteroatoms. The van der Waals surface area contributed by atoms with Gasteiger partial charge in [0, 0.05) is 44.8 Å². The molecule has 114 valence electrons. The van der Waals surface area contributed by atoms with Gasteiger partial charge in [0.15, 0.2) is 5.84 Å². The van der Waals surface area contributed by atoms with Gasteiger partial charge in [0.25, 0.3) is 0 Å². The van der Waals surface area contributed by atoms with Crippen LogP contribution in [-0.2, 0) is 6.54 Å². The summed E-state index contributed by atoms with van der Waals surface area (Å²) in [6.07, 6.45) is 2.85. The average molecular weight is 288 g/mol. The molecule has 0 atom stereocenters. The summed E-state index contributed by atoms with van der Waals surface area (Å²) in [4.78, 5) is 5.04. The van der Waals surface area contributed by atoms with Crippen molar-refractivity contribution in [3.63, 3.8) is 0 Å². The summed E-state index contributed by atoms with van der Waals surface area (Å²) in [7, 11) is 0. The Morgan fingerprint density at radius 1 is 1.14 bits per heavy atom. The SMILES string of the molecule is NC(=NO)c1ccccc1CN1CCN(CC2CC2)CC1. The van der Waals surface area contributed by atoms with E-state index in [0.29, 0.717) is 0 Å². The van der Waals surface area contributed by atoms with Crippen LogP contribution in [0.15, 0.2) is 29.4 Å². The quantitative estimate of drug-likeness (QED) is 0.371. The van der Waals surface area contributed by atoms with E-state index in [2.05, 4.69) is 21.0 Å². The number of piperazine rings is 1. The van der Waals surface area contributed by atoms with E-state index in [1.165, 1.54) is 19.4 Å². The third kappa shape index (κ3) is 3.74. The van der Waals surface area contributed by atoms with Gasteiger partial charge in [-0.1, -0.05) is 29.4 Å². The number of rotatable bonds is 5. The highest BCUT2D eigenvalue weighted by Crippen LogP contribution is 2.30. The number of hydrogen-bond acceptors (Lipinski definition) is 4. The smallest absolute Gasteiger partial charge is 0.170 e. The van der Waals surface area contributed by atoms with Crippen LogP contribution < -0.4 is 5.73 Å². The molecule has 1 saturated carbocycles. The van der Waals surface area contributed by atoms with E-state index in [1.807, 2.05) is 18.2 Å². The molecule has 0 radical (unpaired) electrons. The molecule has 3 N–H and O–H groups in total. The minimum Gasteiger partial charge on any atom is -0.409 e. The summed E-state index contributed by atoms with van der Waals surface area (Å²) in [5.74, 6) is 1.16. The molecule has 1 aliphatic carbocycles. The first-order valence-corrected chi connectivity index (χ1v) is 7.77. The van der Waals surface area contributed by atoms with Gasteiger partial charge in [-0.3, -0.25) is 4.90 Å². The Labute approximate surface area is 126 Å². The molecular formula is C16H24N4O. The Morgan fingerprint density at radius 3 is 2.48 bits per heavy atom. The lowest BCUT2D eigenvalue weighted by atomic mass is 10.1. The Balaban J connectivity index is 1.57. The first-order chi connectivity index (χ1) is 10.3. The fraction of sp³-hybridized carbons (Fsp3) is 0.562. The topological polar surface area (TPSA) is 65.1 Å². The summed E-state index contributed by atoms with van der Waals surface area (Å²) >= 11 is 0. The van der Waals surface area contributed by atoms with Gasteiger partial charge in [0.2, 0.25) is 0 Å². The summed E-state index contributed by atoms with van der Waals surface area (Å²) in [5.41, 5.74) is 7.72. The van der Waals surface area contributed by atoms with Crippen molar-refractivity contribution < 1.29 is 5.21 Å². The maximum Gasteiger partial charge on any atom is 0.170 e. The lowest BCUT2D eigenvalue weighted by Crippen LogP contribution is -2.46. The van der Waals surface area contributed by atoms with Gasteiger partial charge in [-0.2, -0.15) is 0 Å². The lowest BCUT2D eigenvalue weighted by molar-refractivity contribution is 0.123. The molecule has 21 heavy (non-hydrogen) atoms. The minimum absolute atomic E-state index is 0.193. The molecule has 0 unspecified atom stereocenters. The second kappa shape index (κ2) is 6.45. The average Bonchev–Trinajstić information content (AvgIpc) is 3.33. The Hall–Kier alpha value is -1.59. The van der Waals surface area contributed by atoms with Crippen molar-refractivity contribution in [2.75, 3.05) is 32.7 Å². The summed E-state index contributed by atoms with van der Waals surface area (Å²) in [5, 5.41) is 12.0. The zero-order valence-corrected chi connectivity index (χ0v) is 12.4. The zero-order chi connectivity index (χ0) is 14.7. The van der Waals surface area contributed by atoms with Crippen molar-refractivity contribution >= 4 is 5.84 Å². The number of benzene rings is 1. The van der Waals surface area contributed by atoms with Crippen molar-refractivity contribution in [3.05, 3.63) is 35.4 Å². The molecule has 0 aromatic heterocycles. The fourth-order valence-corrected chi connectivity index (χ4v) is 3.00. The molecule has 3 rings (SSSR count). The van der Waals surface area contributed by atoms with Crippen LogP contribution in [0.25, 0.3) is 0 Å². The van der Waals surface area contributed by atoms with Crippen LogP contribution in [0.3, 0.4) is 0 Å². The van der Waals surface area contributed by atoms with Crippen LogP contribution in [0.2, 0.25) is 0 Å². The highest BCUT2D eigenvalue weighted by Gasteiger charge is 2.26. The maximum atomic E-state index is 8.89. The number of amidine groups is 1. The van der Waals surface area contributed by atoms with E-state index in [-0.39, 0.29) is 5.84 Å². The van der Waals surface area contributed by atoms with Crippen LogP contribution in [-0.4, -0.2) is 53.6 Å². The first-order valence-electron chi connectivity index (χ1n) is 7.77. The predicted octanol–water partition coefficient (Wildman–Crippen LogP) is 1.31. The van der Waals surface area contributed by atoms with Gasteiger partial charge < -0.3 is 15.8 Å². The largest absolute Gasteiger partial charge is 0.409 e. The van der Waals surface area contributed by atoms with Crippen molar-refractivity contribution in [2.45, 2.75) is 19.4 Å². The standard InChI is InChI=1S/C16H24N4O/c17-16(18-21)15-4-2-1-3-14(15)12-20-9-7-19(8-10-20)11-13-5-6-13/h1-4,13,21H,5-12H2,(H2,17,18). The molecular weight excluding hydrogens is 264 g/mol. The molecule has 0 bridgehead atoms. The van der Waals surface area contributed by atoms with Gasteiger partial charge in [-0.15, -0.1) is 0 Å². The highest BCUT2D eigenvalue weighted by atomic mass is 16.4. The summed E-state index contributed by atoms with van der Waals surface area (Å²) in [6, 6.07) is 7.90. The van der Waals surface area contributed by atoms with E-state index in [4.69, 9.17) is 10.9 Å². The van der Waals surface area contributed by atoms with Gasteiger partial charge in [0.05, 0.1) is 0 Å². The molecule has 1 heterocycles. The molecule has 1 aromatic carbocycles. The number of oxime groups is 1. The number of nitrogens with two attached hydrogens (primary N) is 1. The van der Waals surface area contributed by atoms with Crippen molar-refractivity contribution in [2.24, 2.45) is 16.8 Å². The van der Waals surface area contributed by atoms with Crippen molar-refractivity contribution in [3.8, 4) is 0 Å². The van der Waals surface area contributed by atoms with Crippen LogP contribution >= 0.6 is 0 Å². The first kappa shape index (κ1) is 14.4. The lowest BCUT2D eigenvalue weighted by Gasteiger charge is -2.35. The summed E-state index contributed by atoms with van der Waals surface area (Å²) in [6.45, 7) is 6.65. The molecule has 1 aromatic rings. The third-order valence-electron chi connectivity index (χ3n) is 4.47. The van der Waals surface area contributed by atoms with E-state index >= 15 is 0 Å². The van der Waals surface area contributed by atoms with Crippen molar-refractivity contribution in [1.29, 1.82) is 0 Å². The van der Waals surface area contributed by atoms with E-state index < -0.39 is 0 Å².